The van der Waals surface area contributed by atoms with Crippen molar-refractivity contribution in [2.24, 2.45) is 11.8 Å². The van der Waals surface area contributed by atoms with Crippen molar-refractivity contribution in [3.05, 3.63) is 41.5 Å². The van der Waals surface area contributed by atoms with E-state index in [0.29, 0.717) is 5.56 Å². The van der Waals surface area contributed by atoms with Crippen molar-refractivity contribution < 1.29 is 9.53 Å². The number of ether oxygens (including phenoxy) is 1. The van der Waals surface area contributed by atoms with Crippen LogP contribution in [0.5, 0.6) is 0 Å². The van der Waals surface area contributed by atoms with Gasteiger partial charge in [-0.1, -0.05) is 89.8 Å². The third-order valence-electron chi connectivity index (χ3n) is 7.76. The van der Waals surface area contributed by atoms with Gasteiger partial charge in [-0.15, -0.1) is 0 Å². The van der Waals surface area contributed by atoms with E-state index in [9.17, 15) is 4.79 Å². The van der Waals surface area contributed by atoms with Gasteiger partial charge in [0.2, 0.25) is 0 Å². The number of allylic oxidation sites excluding steroid dienone is 2. The summed E-state index contributed by atoms with van der Waals surface area (Å²) in [6.07, 6.45) is 22.9. The Morgan fingerprint density at radius 3 is 2.16 bits per heavy atom. The number of carbonyl (C=O) groups excluding carboxylic acids is 1. The maximum absolute atomic E-state index is 12.7. The summed E-state index contributed by atoms with van der Waals surface area (Å²) in [7, 11) is 0. The summed E-state index contributed by atoms with van der Waals surface area (Å²) >= 11 is 0. The first kappa shape index (κ1) is 25.1. The number of esters is 1. The molecule has 2 aliphatic carbocycles. The molecule has 2 nitrogen and oxygen atoms in total. The predicted octanol–water partition coefficient (Wildman–Crippen LogP) is 9.14. The Kier molecular flexibility index (Phi) is 10.9. The van der Waals surface area contributed by atoms with Gasteiger partial charge in [0.1, 0.15) is 6.10 Å². The molecule has 0 radical (unpaired) electrons. The van der Waals surface area contributed by atoms with Crippen molar-refractivity contribution in [1.29, 1.82) is 0 Å². The molecule has 32 heavy (non-hydrogen) atoms. The molecule has 1 aromatic rings. The minimum atomic E-state index is -0.142. The molecule has 0 spiro atoms. The van der Waals surface area contributed by atoms with Gasteiger partial charge in [0.25, 0.3) is 0 Å². The zero-order valence-corrected chi connectivity index (χ0v) is 20.7. The van der Waals surface area contributed by atoms with Gasteiger partial charge in [-0.05, 0) is 80.1 Å². The lowest BCUT2D eigenvalue weighted by molar-refractivity contribution is 0.0161. The van der Waals surface area contributed by atoms with Crippen LogP contribution in [0.4, 0.5) is 0 Å². The topological polar surface area (TPSA) is 26.3 Å². The molecule has 3 rings (SSSR count). The van der Waals surface area contributed by atoms with Crippen molar-refractivity contribution in [1.82, 2.24) is 0 Å². The van der Waals surface area contributed by atoms with Gasteiger partial charge in [-0.2, -0.15) is 0 Å². The molecule has 0 N–H and O–H groups in total. The van der Waals surface area contributed by atoms with E-state index in [1.165, 1.54) is 101 Å². The number of hydrogen-bond acceptors (Lipinski definition) is 2. The van der Waals surface area contributed by atoms with Crippen LogP contribution in [0.1, 0.15) is 133 Å². The highest BCUT2D eigenvalue weighted by atomic mass is 16.5. The van der Waals surface area contributed by atoms with E-state index >= 15 is 0 Å². The Labute approximate surface area is 197 Å². The number of benzene rings is 1. The molecule has 1 saturated carbocycles. The second-order valence-corrected chi connectivity index (χ2v) is 10.3. The maximum atomic E-state index is 12.7. The lowest BCUT2D eigenvalue weighted by Gasteiger charge is -2.28. The first-order valence-electron chi connectivity index (χ1n) is 13.7. The zero-order valence-electron chi connectivity index (χ0n) is 20.7. The van der Waals surface area contributed by atoms with Crippen molar-refractivity contribution in [3.8, 4) is 0 Å². The van der Waals surface area contributed by atoms with Crippen LogP contribution in [0.2, 0.25) is 0 Å². The largest absolute Gasteiger partial charge is 0.459 e. The molecular weight excluding hydrogens is 392 g/mol. The van der Waals surface area contributed by atoms with Gasteiger partial charge in [0.15, 0.2) is 0 Å². The summed E-state index contributed by atoms with van der Waals surface area (Å²) in [5.74, 6) is 1.57. The van der Waals surface area contributed by atoms with Crippen LogP contribution in [0.3, 0.4) is 0 Å². The van der Waals surface area contributed by atoms with E-state index in [4.69, 9.17) is 4.74 Å². The Morgan fingerprint density at radius 1 is 0.812 bits per heavy atom. The Hall–Kier alpha value is -1.57. The average Bonchev–Trinajstić information content (AvgIpc) is 2.84. The standard InChI is InChI=1S/C30H46O2/c1-3-5-7-8-9-11-25-14-22-29(23-15-25)32-30(31)28-20-18-27(19-21-28)26-16-12-24(13-17-26)10-6-4-2/h16,18-21,24-25,29H,3-15,17,22-23H2,1-2H3. The zero-order chi connectivity index (χ0) is 22.6. The molecule has 0 aromatic heterocycles. The summed E-state index contributed by atoms with van der Waals surface area (Å²) in [5.41, 5.74) is 3.42. The highest BCUT2D eigenvalue weighted by Gasteiger charge is 2.24. The number of hydrogen-bond donors (Lipinski definition) is 0. The summed E-state index contributed by atoms with van der Waals surface area (Å²) in [4.78, 5) is 12.7. The van der Waals surface area contributed by atoms with E-state index in [1.54, 1.807) is 0 Å². The fraction of sp³-hybridized carbons (Fsp3) is 0.700. The minimum Gasteiger partial charge on any atom is -0.459 e. The fourth-order valence-electron chi connectivity index (χ4n) is 5.52. The normalized spacial score (nSPS) is 23.6. The van der Waals surface area contributed by atoms with Gasteiger partial charge < -0.3 is 4.74 Å². The predicted molar refractivity (Wildman–Crippen MR) is 136 cm³/mol. The molecule has 0 aliphatic heterocycles. The summed E-state index contributed by atoms with van der Waals surface area (Å²) < 4.78 is 5.87. The van der Waals surface area contributed by atoms with Crippen molar-refractivity contribution in [3.63, 3.8) is 0 Å². The van der Waals surface area contributed by atoms with E-state index < -0.39 is 0 Å². The molecular formula is C30H46O2. The molecule has 0 heterocycles. The Balaban J connectivity index is 1.39. The molecule has 1 fully saturated rings. The SMILES string of the molecule is CCCCCCCC1CCC(OC(=O)c2ccc(C3=CCC(CCCC)CC3)cc2)CC1. The van der Waals surface area contributed by atoms with Gasteiger partial charge in [0, 0.05) is 0 Å². The maximum Gasteiger partial charge on any atom is 0.338 e. The van der Waals surface area contributed by atoms with Gasteiger partial charge >= 0.3 is 5.97 Å². The average molecular weight is 439 g/mol. The quantitative estimate of drug-likeness (QED) is 0.240. The molecule has 0 bridgehead atoms. The number of unbranched alkanes of at least 4 members (excludes halogenated alkanes) is 5. The molecule has 2 heteroatoms. The molecule has 0 saturated heterocycles. The van der Waals surface area contributed by atoms with Crippen LogP contribution >= 0.6 is 0 Å². The highest BCUT2D eigenvalue weighted by Crippen LogP contribution is 2.33. The third-order valence-corrected chi connectivity index (χ3v) is 7.76. The highest BCUT2D eigenvalue weighted by molar-refractivity contribution is 5.90. The number of carbonyl (C=O) groups is 1. The van der Waals surface area contributed by atoms with E-state index in [2.05, 4.69) is 32.1 Å². The van der Waals surface area contributed by atoms with Gasteiger partial charge in [0.05, 0.1) is 5.56 Å². The first-order chi connectivity index (χ1) is 15.7. The first-order valence-corrected chi connectivity index (χ1v) is 13.7. The van der Waals surface area contributed by atoms with Crippen LogP contribution in [0.15, 0.2) is 30.3 Å². The van der Waals surface area contributed by atoms with Crippen LogP contribution in [0, 0.1) is 11.8 Å². The fourth-order valence-corrected chi connectivity index (χ4v) is 5.52. The minimum absolute atomic E-state index is 0.111. The smallest absolute Gasteiger partial charge is 0.338 e. The molecule has 1 unspecified atom stereocenters. The van der Waals surface area contributed by atoms with Gasteiger partial charge in [-0.25, -0.2) is 4.79 Å². The van der Waals surface area contributed by atoms with Crippen LogP contribution in [-0.2, 0) is 4.74 Å². The second kappa shape index (κ2) is 13.9. The monoisotopic (exact) mass is 438 g/mol. The van der Waals surface area contributed by atoms with E-state index in [1.807, 2.05) is 12.1 Å². The Bertz CT molecular complexity index is 694. The van der Waals surface area contributed by atoms with Crippen molar-refractivity contribution in [2.75, 3.05) is 0 Å². The lowest BCUT2D eigenvalue weighted by Crippen LogP contribution is -2.24. The molecule has 1 atom stereocenters. The molecule has 0 amide bonds. The van der Waals surface area contributed by atoms with E-state index in [-0.39, 0.29) is 12.1 Å². The van der Waals surface area contributed by atoms with Crippen LogP contribution in [-0.4, -0.2) is 12.1 Å². The summed E-state index contributed by atoms with van der Waals surface area (Å²) in [6.45, 7) is 4.55. The van der Waals surface area contributed by atoms with Crippen LogP contribution < -0.4 is 0 Å². The van der Waals surface area contributed by atoms with Crippen LogP contribution in [0.25, 0.3) is 5.57 Å². The van der Waals surface area contributed by atoms with Crippen molar-refractivity contribution in [2.45, 2.75) is 123 Å². The Morgan fingerprint density at radius 2 is 1.50 bits per heavy atom. The lowest BCUT2D eigenvalue weighted by atomic mass is 9.84. The second-order valence-electron chi connectivity index (χ2n) is 10.3. The third kappa shape index (κ3) is 8.09. The van der Waals surface area contributed by atoms with Gasteiger partial charge in [-0.3, -0.25) is 0 Å². The number of rotatable bonds is 12. The molecule has 1 aromatic carbocycles. The summed E-state index contributed by atoms with van der Waals surface area (Å²) in [5, 5.41) is 0. The molecule has 2 aliphatic rings. The van der Waals surface area contributed by atoms with E-state index in [0.717, 1.165) is 24.7 Å². The van der Waals surface area contributed by atoms with Crippen molar-refractivity contribution >= 4 is 11.5 Å². The molecule has 178 valence electrons. The summed E-state index contributed by atoms with van der Waals surface area (Å²) in [6, 6.07) is 8.15.